The Hall–Kier alpha value is -0.360. The van der Waals surface area contributed by atoms with Crippen molar-refractivity contribution in [1.82, 2.24) is 9.55 Å². The highest BCUT2D eigenvalue weighted by Gasteiger charge is 2.12. The van der Waals surface area contributed by atoms with E-state index in [1.54, 1.807) is 11.3 Å². The number of aromatic nitrogens is 2. The fourth-order valence-corrected chi connectivity index (χ4v) is 4.02. The zero-order valence-corrected chi connectivity index (χ0v) is 14.5. The maximum Gasteiger partial charge on any atom is 0.125 e. The molecule has 0 unspecified atom stereocenters. The Kier molecular flexibility index (Phi) is 3.98. The Bertz CT molecular complexity index is 735. The van der Waals surface area contributed by atoms with Gasteiger partial charge in [-0.2, -0.15) is 0 Å². The number of nitrogens with zero attached hydrogens (tertiary/aromatic N) is 2. The van der Waals surface area contributed by atoms with E-state index in [4.69, 9.17) is 11.6 Å². The molecular formula is C13H9Br2ClN2S. The molecule has 98 valence electrons. The van der Waals surface area contributed by atoms with E-state index >= 15 is 0 Å². The molecule has 0 bridgehead atoms. The first-order valence-electron chi connectivity index (χ1n) is 5.61. The fraction of sp³-hybridized carbons (Fsp3) is 0.154. The van der Waals surface area contributed by atoms with E-state index in [9.17, 15) is 0 Å². The molecule has 0 saturated heterocycles. The summed E-state index contributed by atoms with van der Waals surface area (Å²) >= 11 is 14.8. The summed E-state index contributed by atoms with van der Waals surface area (Å²) in [5, 5.41) is 2.08. The molecule has 1 aromatic carbocycles. The summed E-state index contributed by atoms with van der Waals surface area (Å²) in [6.45, 7) is 0.785. The van der Waals surface area contributed by atoms with Crippen LogP contribution in [0.2, 0.25) is 0 Å². The Balaban J connectivity index is 2.15. The Labute approximate surface area is 136 Å². The molecule has 0 aliphatic rings. The van der Waals surface area contributed by atoms with Gasteiger partial charge in [0.25, 0.3) is 0 Å². The van der Waals surface area contributed by atoms with Crippen molar-refractivity contribution in [3.05, 3.63) is 49.3 Å². The number of fused-ring (bicyclic) bond motifs is 1. The molecule has 2 heterocycles. The third-order valence-corrected chi connectivity index (χ3v) is 5.55. The summed E-state index contributed by atoms with van der Waals surface area (Å²) in [5.74, 6) is 1.31. The first kappa shape index (κ1) is 13.6. The largest absolute Gasteiger partial charge is 0.322 e. The van der Waals surface area contributed by atoms with Gasteiger partial charge in [-0.3, -0.25) is 0 Å². The van der Waals surface area contributed by atoms with Crippen molar-refractivity contribution in [3.63, 3.8) is 0 Å². The summed E-state index contributed by atoms with van der Waals surface area (Å²) in [6, 6.07) is 8.16. The number of benzene rings is 1. The van der Waals surface area contributed by atoms with Crippen LogP contribution in [0.25, 0.3) is 11.0 Å². The second-order valence-corrected chi connectivity index (χ2v) is 7.11. The molecule has 2 nitrogen and oxygen atoms in total. The summed E-state index contributed by atoms with van der Waals surface area (Å²) in [5.41, 5.74) is 2.08. The Morgan fingerprint density at radius 1 is 1.26 bits per heavy atom. The van der Waals surface area contributed by atoms with Crippen LogP contribution in [0.15, 0.2) is 38.6 Å². The maximum atomic E-state index is 6.02. The van der Waals surface area contributed by atoms with Crippen LogP contribution >= 0.6 is 54.8 Å². The van der Waals surface area contributed by atoms with E-state index in [1.807, 2.05) is 12.1 Å². The van der Waals surface area contributed by atoms with E-state index in [-0.39, 0.29) is 0 Å². The summed E-state index contributed by atoms with van der Waals surface area (Å²) < 4.78 is 4.35. The smallest absolute Gasteiger partial charge is 0.125 e. The highest BCUT2D eigenvalue weighted by Crippen LogP contribution is 2.27. The summed E-state index contributed by atoms with van der Waals surface area (Å²) in [4.78, 5) is 5.85. The molecule has 0 fully saturated rings. The van der Waals surface area contributed by atoms with Crippen molar-refractivity contribution >= 4 is 65.8 Å². The van der Waals surface area contributed by atoms with Gasteiger partial charge in [-0.15, -0.1) is 22.9 Å². The lowest BCUT2D eigenvalue weighted by Crippen LogP contribution is -2.02. The number of imidazole rings is 1. The van der Waals surface area contributed by atoms with Crippen LogP contribution in [0.3, 0.4) is 0 Å². The standard InChI is InChI=1S/C13H9Br2ClN2S/c14-8-1-2-10-11(5-8)18(13(6-16)17-10)7-12-9(15)3-4-19-12/h1-5H,6-7H2. The molecule has 19 heavy (non-hydrogen) atoms. The van der Waals surface area contributed by atoms with Gasteiger partial charge in [0.2, 0.25) is 0 Å². The van der Waals surface area contributed by atoms with Crippen molar-refractivity contribution in [2.45, 2.75) is 12.4 Å². The second kappa shape index (κ2) is 5.56. The average molecular weight is 421 g/mol. The van der Waals surface area contributed by atoms with Gasteiger partial charge < -0.3 is 4.57 Å². The number of hydrogen-bond donors (Lipinski definition) is 0. The van der Waals surface area contributed by atoms with E-state index in [1.165, 1.54) is 4.88 Å². The van der Waals surface area contributed by atoms with E-state index in [0.717, 1.165) is 32.3 Å². The number of rotatable bonds is 3. The molecule has 2 aromatic heterocycles. The molecule has 3 rings (SSSR count). The van der Waals surface area contributed by atoms with Gasteiger partial charge in [0, 0.05) is 13.8 Å². The third kappa shape index (κ3) is 2.61. The topological polar surface area (TPSA) is 17.8 Å². The van der Waals surface area contributed by atoms with Gasteiger partial charge >= 0.3 is 0 Å². The van der Waals surface area contributed by atoms with Crippen LogP contribution in [-0.2, 0) is 12.4 Å². The SMILES string of the molecule is ClCc1nc2ccc(Br)cc2n1Cc1sccc1Br. The zero-order valence-electron chi connectivity index (χ0n) is 9.74. The van der Waals surface area contributed by atoms with E-state index in [2.05, 4.69) is 58.9 Å². The van der Waals surface area contributed by atoms with E-state index in [0.29, 0.717) is 5.88 Å². The number of alkyl halides is 1. The minimum Gasteiger partial charge on any atom is -0.322 e. The van der Waals surface area contributed by atoms with Crippen LogP contribution in [0, 0.1) is 0 Å². The maximum absolute atomic E-state index is 6.02. The Morgan fingerprint density at radius 2 is 2.11 bits per heavy atom. The number of hydrogen-bond acceptors (Lipinski definition) is 2. The molecule has 0 saturated carbocycles. The van der Waals surface area contributed by atoms with Crippen molar-refractivity contribution in [3.8, 4) is 0 Å². The van der Waals surface area contributed by atoms with Crippen molar-refractivity contribution in [2.24, 2.45) is 0 Å². The molecule has 0 aliphatic heterocycles. The normalized spacial score (nSPS) is 11.3. The van der Waals surface area contributed by atoms with E-state index < -0.39 is 0 Å². The van der Waals surface area contributed by atoms with Gasteiger partial charge in [-0.25, -0.2) is 4.98 Å². The van der Waals surface area contributed by atoms with Crippen LogP contribution in [0.1, 0.15) is 10.7 Å². The molecule has 0 radical (unpaired) electrons. The van der Waals surface area contributed by atoms with Gasteiger partial charge in [0.1, 0.15) is 5.82 Å². The molecule has 3 aromatic rings. The number of halogens is 3. The quantitative estimate of drug-likeness (QED) is 0.518. The molecule has 0 N–H and O–H groups in total. The molecule has 0 atom stereocenters. The highest BCUT2D eigenvalue weighted by molar-refractivity contribution is 9.10. The lowest BCUT2D eigenvalue weighted by atomic mass is 10.3. The monoisotopic (exact) mass is 418 g/mol. The zero-order chi connectivity index (χ0) is 13.4. The predicted molar refractivity (Wildman–Crippen MR) is 88.1 cm³/mol. The second-order valence-electron chi connectivity index (χ2n) is 4.07. The minimum atomic E-state index is 0.412. The molecule has 6 heteroatoms. The van der Waals surface area contributed by atoms with Crippen molar-refractivity contribution in [1.29, 1.82) is 0 Å². The third-order valence-electron chi connectivity index (χ3n) is 2.90. The first-order chi connectivity index (χ1) is 9.19. The van der Waals surface area contributed by atoms with Gasteiger partial charge in [0.15, 0.2) is 0 Å². The van der Waals surface area contributed by atoms with Crippen molar-refractivity contribution < 1.29 is 0 Å². The molecular weight excluding hydrogens is 411 g/mol. The highest BCUT2D eigenvalue weighted by atomic mass is 79.9. The summed E-state index contributed by atoms with van der Waals surface area (Å²) in [7, 11) is 0. The van der Waals surface area contributed by atoms with Crippen LogP contribution in [0.5, 0.6) is 0 Å². The molecule has 0 aliphatic carbocycles. The fourth-order valence-electron chi connectivity index (χ4n) is 2.01. The minimum absolute atomic E-state index is 0.412. The molecule has 0 spiro atoms. The van der Waals surface area contributed by atoms with Gasteiger partial charge in [-0.05, 0) is 45.6 Å². The summed E-state index contributed by atoms with van der Waals surface area (Å²) in [6.07, 6.45) is 0. The van der Waals surface area contributed by atoms with Crippen LogP contribution < -0.4 is 0 Å². The predicted octanol–water partition coefficient (Wildman–Crippen LogP) is 5.41. The number of thiophene rings is 1. The van der Waals surface area contributed by atoms with Crippen molar-refractivity contribution in [2.75, 3.05) is 0 Å². The molecule has 0 amide bonds. The van der Waals surface area contributed by atoms with Gasteiger partial charge in [0.05, 0.1) is 23.5 Å². The van der Waals surface area contributed by atoms with Crippen LogP contribution in [0.4, 0.5) is 0 Å². The lowest BCUT2D eigenvalue weighted by molar-refractivity contribution is 0.787. The van der Waals surface area contributed by atoms with Gasteiger partial charge in [-0.1, -0.05) is 15.9 Å². The average Bonchev–Trinajstić information content (AvgIpc) is 2.95. The van der Waals surface area contributed by atoms with Crippen LogP contribution in [-0.4, -0.2) is 9.55 Å². The first-order valence-corrected chi connectivity index (χ1v) is 8.61. The lowest BCUT2D eigenvalue weighted by Gasteiger charge is -2.07. The Morgan fingerprint density at radius 3 is 2.79 bits per heavy atom.